The van der Waals surface area contributed by atoms with Crippen LogP contribution in [0.3, 0.4) is 0 Å². The normalized spacial score (nSPS) is 11.5. The first-order chi connectivity index (χ1) is 16.4. The molecule has 0 bridgehead atoms. The lowest BCUT2D eigenvalue weighted by Crippen LogP contribution is -2.15. The Morgan fingerprint density at radius 2 is 0.576 bits per heavy atom. The molecular weight excluding hydrogens is 432 g/mol. The summed E-state index contributed by atoms with van der Waals surface area (Å²) in [6.45, 7) is 12.2. The Morgan fingerprint density at radius 1 is 0.303 bits per heavy atom. The Morgan fingerprint density at radius 3 is 0.879 bits per heavy atom. The molecule has 0 aliphatic rings. The molecule has 0 aromatic heterocycles. The Balaban J connectivity index is 2.99. The summed E-state index contributed by atoms with van der Waals surface area (Å²) in [6.07, 6.45) is 6.31. The molecule has 200 valence electrons. The van der Waals surface area contributed by atoms with Gasteiger partial charge in [-0.2, -0.15) is 0 Å². The molecule has 0 N–H and O–H groups in total. The summed E-state index contributed by atoms with van der Waals surface area (Å²) in [5.74, 6) is 0. The van der Waals surface area contributed by atoms with Gasteiger partial charge in [0.2, 0.25) is 0 Å². The first kappa shape index (κ1) is 32.6. The minimum atomic E-state index is 0.542. The van der Waals surface area contributed by atoms with Crippen molar-refractivity contribution >= 4 is 0 Å². The van der Waals surface area contributed by atoms with E-state index >= 15 is 0 Å². The lowest BCUT2D eigenvalue weighted by Gasteiger charge is -2.08. The Labute approximate surface area is 201 Å². The Hall–Kier alpha value is -0.360. The minimum Gasteiger partial charge on any atom is -0.382 e. The van der Waals surface area contributed by atoms with Crippen LogP contribution in [-0.2, 0) is 42.6 Å². The Kier molecular flexibility index (Phi) is 31.3. The van der Waals surface area contributed by atoms with Gasteiger partial charge >= 0.3 is 0 Å². The van der Waals surface area contributed by atoms with Crippen molar-refractivity contribution in [3.8, 4) is 0 Å². The maximum Gasteiger partial charge on any atom is 0.0701 e. The molecule has 33 heavy (non-hydrogen) atoms. The highest BCUT2D eigenvalue weighted by molar-refractivity contribution is 4.42. The summed E-state index contributed by atoms with van der Waals surface area (Å²) in [4.78, 5) is 0. The standard InChI is InChI=1S/C24H50O9/c1-3-4-5-6-7-8-26-11-12-28-15-16-30-19-20-32-23-24-33-22-21-31-18-17-29-14-13-27-10-9-25-2/h3-24H2,1-2H3. The first-order valence-corrected chi connectivity index (χ1v) is 12.5. The lowest BCUT2D eigenvalue weighted by atomic mass is 10.2. The average Bonchev–Trinajstić information content (AvgIpc) is 2.83. The maximum atomic E-state index is 5.54. The summed E-state index contributed by atoms with van der Waals surface area (Å²) in [6, 6.07) is 0. The quantitative estimate of drug-likeness (QED) is 0.144. The molecule has 0 aliphatic carbocycles. The highest BCUT2D eigenvalue weighted by Crippen LogP contribution is 2.02. The SMILES string of the molecule is CCCCCCCOCCOCCOCCOCCOCCOCCOCCOCCOC. The van der Waals surface area contributed by atoms with Crippen LogP contribution in [0.1, 0.15) is 39.0 Å². The van der Waals surface area contributed by atoms with Gasteiger partial charge in [0.15, 0.2) is 0 Å². The van der Waals surface area contributed by atoms with Crippen LogP contribution in [0, 0.1) is 0 Å². The number of rotatable bonds is 30. The van der Waals surface area contributed by atoms with Crippen molar-refractivity contribution < 1.29 is 42.6 Å². The van der Waals surface area contributed by atoms with Crippen LogP contribution in [0.25, 0.3) is 0 Å². The van der Waals surface area contributed by atoms with Crippen LogP contribution in [0.15, 0.2) is 0 Å². The van der Waals surface area contributed by atoms with E-state index in [1.165, 1.54) is 25.7 Å². The molecule has 0 saturated carbocycles. The molecule has 9 heteroatoms. The van der Waals surface area contributed by atoms with Crippen LogP contribution in [0.2, 0.25) is 0 Å². The van der Waals surface area contributed by atoms with E-state index < -0.39 is 0 Å². The maximum absolute atomic E-state index is 5.54. The van der Waals surface area contributed by atoms with Crippen LogP contribution >= 0.6 is 0 Å². The number of ether oxygens (including phenoxy) is 9. The van der Waals surface area contributed by atoms with Crippen molar-refractivity contribution in [1.29, 1.82) is 0 Å². The van der Waals surface area contributed by atoms with Crippen molar-refractivity contribution in [2.75, 3.05) is 119 Å². The zero-order chi connectivity index (χ0) is 23.9. The smallest absolute Gasteiger partial charge is 0.0701 e. The predicted octanol–water partition coefficient (Wildman–Crippen LogP) is 2.74. The van der Waals surface area contributed by atoms with E-state index in [9.17, 15) is 0 Å². The van der Waals surface area contributed by atoms with E-state index in [4.69, 9.17) is 42.6 Å². The van der Waals surface area contributed by atoms with Gasteiger partial charge in [0, 0.05) is 13.7 Å². The summed E-state index contributed by atoms with van der Waals surface area (Å²) in [7, 11) is 1.65. The van der Waals surface area contributed by atoms with Gasteiger partial charge in [0.05, 0.1) is 106 Å². The fourth-order valence-corrected chi connectivity index (χ4v) is 2.59. The second-order valence-corrected chi connectivity index (χ2v) is 7.31. The van der Waals surface area contributed by atoms with Gasteiger partial charge in [-0.05, 0) is 6.42 Å². The molecular formula is C24H50O9. The zero-order valence-electron chi connectivity index (χ0n) is 21.2. The summed E-state index contributed by atoms with van der Waals surface area (Å²) in [5, 5.41) is 0. The van der Waals surface area contributed by atoms with Gasteiger partial charge in [-0.1, -0.05) is 32.6 Å². The van der Waals surface area contributed by atoms with Gasteiger partial charge in [-0.3, -0.25) is 0 Å². The lowest BCUT2D eigenvalue weighted by molar-refractivity contribution is -0.0243. The average molecular weight is 483 g/mol. The number of methoxy groups -OCH3 is 1. The zero-order valence-corrected chi connectivity index (χ0v) is 21.2. The second-order valence-electron chi connectivity index (χ2n) is 7.31. The van der Waals surface area contributed by atoms with E-state index in [0.29, 0.717) is 106 Å². The van der Waals surface area contributed by atoms with Gasteiger partial charge in [-0.25, -0.2) is 0 Å². The second kappa shape index (κ2) is 31.6. The highest BCUT2D eigenvalue weighted by Gasteiger charge is 1.95. The fourth-order valence-electron chi connectivity index (χ4n) is 2.59. The molecule has 0 heterocycles. The molecule has 0 aromatic rings. The molecule has 0 spiro atoms. The van der Waals surface area contributed by atoms with E-state index in [-0.39, 0.29) is 0 Å². The third-order valence-electron chi connectivity index (χ3n) is 4.43. The Bertz CT molecular complexity index is 305. The van der Waals surface area contributed by atoms with Crippen molar-refractivity contribution in [3.63, 3.8) is 0 Å². The fraction of sp³-hybridized carbons (Fsp3) is 1.00. The van der Waals surface area contributed by atoms with Crippen LogP contribution < -0.4 is 0 Å². The third kappa shape index (κ3) is 31.6. The van der Waals surface area contributed by atoms with E-state index in [1.54, 1.807) is 7.11 Å². The first-order valence-electron chi connectivity index (χ1n) is 12.5. The van der Waals surface area contributed by atoms with Gasteiger partial charge in [-0.15, -0.1) is 0 Å². The molecule has 0 amide bonds. The third-order valence-corrected chi connectivity index (χ3v) is 4.43. The van der Waals surface area contributed by atoms with Crippen molar-refractivity contribution in [2.24, 2.45) is 0 Å². The van der Waals surface area contributed by atoms with Crippen LogP contribution in [-0.4, -0.2) is 119 Å². The van der Waals surface area contributed by atoms with Crippen molar-refractivity contribution in [3.05, 3.63) is 0 Å². The van der Waals surface area contributed by atoms with Crippen molar-refractivity contribution in [2.45, 2.75) is 39.0 Å². The van der Waals surface area contributed by atoms with E-state index in [1.807, 2.05) is 0 Å². The monoisotopic (exact) mass is 482 g/mol. The van der Waals surface area contributed by atoms with Gasteiger partial charge in [0.1, 0.15) is 0 Å². The summed E-state index contributed by atoms with van der Waals surface area (Å²) >= 11 is 0. The molecule has 9 nitrogen and oxygen atoms in total. The summed E-state index contributed by atoms with van der Waals surface area (Å²) < 4.78 is 48.4. The number of unbranched alkanes of at least 4 members (excludes halogenated alkanes) is 4. The molecule has 0 aromatic carbocycles. The molecule has 0 atom stereocenters. The van der Waals surface area contributed by atoms with E-state index in [0.717, 1.165) is 13.0 Å². The minimum absolute atomic E-state index is 0.542. The number of hydrogen-bond acceptors (Lipinski definition) is 9. The van der Waals surface area contributed by atoms with Gasteiger partial charge in [0.25, 0.3) is 0 Å². The molecule has 0 aliphatic heterocycles. The highest BCUT2D eigenvalue weighted by atomic mass is 16.6. The van der Waals surface area contributed by atoms with Crippen molar-refractivity contribution in [1.82, 2.24) is 0 Å². The van der Waals surface area contributed by atoms with Gasteiger partial charge < -0.3 is 42.6 Å². The van der Waals surface area contributed by atoms with Crippen LogP contribution in [0.4, 0.5) is 0 Å². The summed E-state index contributed by atoms with van der Waals surface area (Å²) in [5.41, 5.74) is 0. The van der Waals surface area contributed by atoms with Crippen LogP contribution in [0.5, 0.6) is 0 Å². The molecule has 0 fully saturated rings. The number of hydrogen-bond donors (Lipinski definition) is 0. The topological polar surface area (TPSA) is 83.1 Å². The van der Waals surface area contributed by atoms with E-state index in [2.05, 4.69) is 6.92 Å². The molecule has 0 rings (SSSR count). The molecule has 0 unspecified atom stereocenters. The largest absolute Gasteiger partial charge is 0.382 e. The predicted molar refractivity (Wildman–Crippen MR) is 127 cm³/mol. The molecule has 0 saturated heterocycles. The molecule has 0 radical (unpaired) electrons.